The van der Waals surface area contributed by atoms with Gasteiger partial charge in [-0.15, -0.1) is 0 Å². The predicted molar refractivity (Wildman–Crippen MR) is 208 cm³/mol. The van der Waals surface area contributed by atoms with E-state index in [1.165, 1.54) is 25.7 Å². The Bertz CT molecular complexity index is 1790. The maximum Gasteiger partial charge on any atom is 0.314 e. The molecule has 54 heavy (non-hydrogen) atoms. The number of rotatable bonds is 17. The molecule has 5 N–H and O–H groups in total. The number of likely N-dealkylation sites (N-methyl/N-ethyl adjacent to an activating group) is 1. The molecule has 0 bridgehead atoms. The highest BCUT2D eigenvalue weighted by Gasteiger charge is 2.33. The Kier molecular flexibility index (Phi) is 13.4. The molecule has 2 aliphatic rings. The summed E-state index contributed by atoms with van der Waals surface area (Å²) in [6.45, 7) is 9.03. The zero-order valence-electron chi connectivity index (χ0n) is 31.6. The second-order valence-corrected chi connectivity index (χ2v) is 14.2. The minimum absolute atomic E-state index is 0.0128. The molecular formula is C40H54N10O4. The number of hydrogen-bond donors (Lipinski definition) is 5. The van der Waals surface area contributed by atoms with E-state index in [0.717, 1.165) is 17.7 Å². The van der Waals surface area contributed by atoms with Gasteiger partial charge in [0.2, 0.25) is 11.7 Å². The lowest BCUT2D eigenvalue weighted by molar-refractivity contribution is -0.133. The quantitative estimate of drug-likeness (QED) is 0.0976. The van der Waals surface area contributed by atoms with Crippen LogP contribution in [-0.2, 0) is 9.53 Å². The Hall–Kier alpha value is -5.08. The number of imidazole rings is 1. The van der Waals surface area contributed by atoms with Gasteiger partial charge < -0.3 is 31.3 Å². The number of anilines is 1. The number of carbonyl (C=O) groups excluding carboxylic acids is 3. The van der Waals surface area contributed by atoms with E-state index < -0.39 is 18.2 Å². The molecule has 14 nitrogen and oxygen atoms in total. The van der Waals surface area contributed by atoms with Crippen LogP contribution >= 0.6 is 0 Å². The summed E-state index contributed by atoms with van der Waals surface area (Å²) in [4.78, 5) is 55.1. The van der Waals surface area contributed by atoms with E-state index in [4.69, 9.17) is 4.74 Å². The molecule has 1 saturated carbocycles. The predicted octanol–water partition coefficient (Wildman–Crippen LogP) is 4.57. The van der Waals surface area contributed by atoms with Crippen molar-refractivity contribution in [3.8, 4) is 0 Å². The SMILES string of the molecule is CCNC(=O)[C@@H]1CC[C@H](n2cnc3c(NCC(c4ccccc4)c4ccccc4)nc(C(=O)NCCNC(=O)NCCN(C(C)C)C4CCCC4)nc32)O1. The van der Waals surface area contributed by atoms with E-state index >= 15 is 0 Å². The summed E-state index contributed by atoms with van der Waals surface area (Å²) in [5, 5.41) is 14.9. The molecule has 2 aromatic carbocycles. The molecule has 1 aliphatic heterocycles. The fourth-order valence-corrected chi connectivity index (χ4v) is 7.55. The van der Waals surface area contributed by atoms with Crippen molar-refractivity contribution >= 4 is 34.8 Å². The van der Waals surface area contributed by atoms with E-state index in [-0.39, 0.29) is 36.8 Å². The first-order valence-electron chi connectivity index (χ1n) is 19.4. The van der Waals surface area contributed by atoms with Crippen LogP contribution in [0, 0.1) is 0 Å². The van der Waals surface area contributed by atoms with Crippen molar-refractivity contribution in [3.05, 3.63) is 83.9 Å². The van der Waals surface area contributed by atoms with Crippen molar-refractivity contribution in [3.63, 3.8) is 0 Å². The zero-order chi connectivity index (χ0) is 37.9. The highest BCUT2D eigenvalue weighted by atomic mass is 16.5. The van der Waals surface area contributed by atoms with Crippen LogP contribution in [0.5, 0.6) is 0 Å². The lowest BCUT2D eigenvalue weighted by Crippen LogP contribution is -2.46. The highest BCUT2D eigenvalue weighted by Crippen LogP contribution is 2.33. The van der Waals surface area contributed by atoms with Gasteiger partial charge in [-0.1, -0.05) is 73.5 Å². The van der Waals surface area contributed by atoms with Gasteiger partial charge in [0.05, 0.1) is 6.33 Å². The van der Waals surface area contributed by atoms with Crippen molar-refractivity contribution in [1.29, 1.82) is 0 Å². The summed E-state index contributed by atoms with van der Waals surface area (Å²) >= 11 is 0. The first-order chi connectivity index (χ1) is 26.3. The number of aromatic nitrogens is 4. The average molecular weight is 739 g/mol. The molecule has 2 aromatic heterocycles. The molecule has 1 aliphatic carbocycles. The summed E-state index contributed by atoms with van der Waals surface area (Å²) < 4.78 is 7.91. The molecule has 14 heteroatoms. The third-order valence-electron chi connectivity index (χ3n) is 10.3. The van der Waals surface area contributed by atoms with E-state index in [1.807, 2.05) is 43.3 Å². The smallest absolute Gasteiger partial charge is 0.314 e. The molecule has 6 rings (SSSR count). The van der Waals surface area contributed by atoms with E-state index in [0.29, 0.717) is 61.5 Å². The van der Waals surface area contributed by atoms with Gasteiger partial charge in [-0.2, -0.15) is 0 Å². The monoisotopic (exact) mass is 738 g/mol. The lowest BCUT2D eigenvalue weighted by atomic mass is 9.91. The second kappa shape index (κ2) is 18.8. The van der Waals surface area contributed by atoms with E-state index in [1.54, 1.807) is 10.9 Å². The van der Waals surface area contributed by atoms with Gasteiger partial charge in [0.1, 0.15) is 12.3 Å². The lowest BCUT2D eigenvalue weighted by Gasteiger charge is -2.32. The fraction of sp³-hybridized carbons (Fsp3) is 0.500. The Morgan fingerprint density at radius 3 is 2.19 bits per heavy atom. The van der Waals surface area contributed by atoms with Crippen molar-refractivity contribution < 1.29 is 19.1 Å². The molecule has 288 valence electrons. The van der Waals surface area contributed by atoms with Gasteiger partial charge in [-0.25, -0.2) is 19.7 Å². The number of urea groups is 1. The number of hydrogen-bond acceptors (Lipinski definition) is 9. The Morgan fingerprint density at radius 1 is 0.852 bits per heavy atom. The third kappa shape index (κ3) is 9.71. The van der Waals surface area contributed by atoms with E-state index in [9.17, 15) is 14.4 Å². The van der Waals surface area contributed by atoms with Crippen LogP contribution in [0.25, 0.3) is 11.2 Å². The number of nitrogens with zero attached hydrogens (tertiary/aromatic N) is 5. The summed E-state index contributed by atoms with van der Waals surface area (Å²) in [5.41, 5.74) is 3.16. The molecule has 0 radical (unpaired) electrons. The Labute approximate surface area is 317 Å². The molecule has 4 amide bonds. The molecule has 0 unspecified atom stereocenters. The molecular weight excluding hydrogens is 685 g/mol. The Morgan fingerprint density at radius 2 is 1.52 bits per heavy atom. The van der Waals surface area contributed by atoms with Gasteiger partial charge >= 0.3 is 6.03 Å². The Balaban J connectivity index is 1.14. The second-order valence-electron chi connectivity index (χ2n) is 14.2. The average Bonchev–Trinajstić information content (AvgIpc) is 3.98. The minimum Gasteiger partial charge on any atom is -0.367 e. The van der Waals surface area contributed by atoms with Gasteiger partial charge in [-0.3, -0.25) is 19.1 Å². The zero-order valence-corrected chi connectivity index (χ0v) is 31.6. The molecule has 0 spiro atoms. The van der Waals surface area contributed by atoms with Gasteiger partial charge in [0.15, 0.2) is 17.0 Å². The van der Waals surface area contributed by atoms with Crippen molar-refractivity contribution in [2.24, 2.45) is 0 Å². The topological polar surface area (TPSA) is 167 Å². The van der Waals surface area contributed by atoms with Crippen molar-refractivity contribution in [2.45, 2.75) is 89.6 Å². The molecule has 1 saturated heterocycles. The first-order valence-corrected chi connectivity index (χ1v) is 19.4. The summed E-state index contributed by atoms with van der Waals surface area (Å²) in [7, 11) is 0. The van der Waals surface area contributed by atoms with Gasteiger partial charge in [-0.05, 0) is 57.6 Å². The third-order valence-corrected chi connectivity index (χ3v) is 10.3. The normalized spacial score (nSPS) is 17.4. The van der Waals surface area contributed by atoms with Crippen LogP contribution in [-0.4, -0.2) is 99.7 Å². The maximum atomic E-state index is 13.6. The summed E-state index contributed by atoms with van der Waals surface area (Å²) in [6.07, 6.45) is 6.65. The number of carbonyl (C=O) groups is 3. The van der Waals surface area contributed by atoms with Crippen LogP contribution in [0.15, 0.2) is 67.0 Å². The fourth-order valence-electron chi connectivity index (χ4n) is 7.55. The van der Waals surface area contributed by atoms with Crippen LogP contribution in [0.3, 0.4) is 0 Å². The van der Waals surface area contributed by atoms with Crippen LogP contribution in [0.4, 0.5) is 10.6 Å². The first kappa shape index (κ1) is 38.6. The van der Waals surface area contributed by atoms with Crippen LogP contribution in [0.1, 0.15) is 93.2 Å². The number of fused-ring (bicyclic) bond motifs is 1. The van der Waals surface area contributed by atoms with Crippen LogP contribution in [0.2, 0.25) is 0 Å². The van der Waals surface area contributed by atoms with E-state index in [2.05, 4.69) is 84.5 Å². The standard InChI is InChI=1S/C40H54N10O4/c1-4-41-38(51)32-19-20-33(54-32)50-26-46-34-35(45-25-31(28-13-7-5-8-14-28)29-15-9-6-10-16-29)47-36(48-37(34)50)39(52)42-21-22-43-40(53)44-23-24-49(27(2)3)30-17-11-12-18-30/h5-10,13-16,26-27,30-33H,4,11-12,17-25H2,1-3H3,(H,41,51)(H,42,52)(H2,43,44,53)(H,45,47,48)/t32-,33+/m0/s1. The summed E-state index contributed by atoms with van der Waals surface area (Å²) in [5.74, 6) is -0.302. The molecule has 2 atom stereocenters. The minimum atomic E-state index is -0.585. The molecule has 3 heterocycles. The maximum absolute atomic E-state index is 13.6. The van der Waals surface area contributed by atoms with Crippen molar-refractivity contribution in [2.75, 3.05) is 44.6 Å². The number of nitrogens with one attached hydrogen (secondary N) is 5. The summed E-state index contributed by atoms with van der Waals surface area (Å²) in [6, 6.07) is 21.2. The number of amides is 4. The van der Waals surface area contributed by atoms with Gasteiger partial charge in [0.25, 0.3) is 5.91 Å². The van der Waals surface area contributed by atoms with Gasteiger partial charge in [0, 0.05) is 57.3 Å². The van der Waals surface area contributed by atoms with Crippen LogP contribution < -0.4 is 26.6 Å². The van der Waals surface area contributed by atoms with Crippen molar-refractivity contribution in [1.82, 2.24) is 45.7 Å². The number of ether oxygens (including phenoxy) is 1. The molecule has 2 fully saturated rings. The highest BCUT2D eigenvalue weighted by molar-refractivity contribution is 5.94. The molecule has 4 aromatic rings. The largest absolute Gasteiger partial charge is 0.367 e. The number of benzene rings is 2.